The van der Waals surface area contributed by atoms with E-state index in [4.69, 9.17) is 23.2 Å². The second-order valence-electron chi connectivity index (χ2n) is 4.81. The monoisotopic (exact) mass is 284 g/mol. The number of fused-ring (bicyclic) bond motifs is 1. The van der Waals surface area contributed by atoms with Gasteiger partial charge in [0.2, 0.25) is 0 Å². The lowest BCUT2D eigenvalue weighted by atomic mass is 9.94. The highest BCUT2D eigenvalue weighted by Gasteiger charge is 2.27. The van der Waals surface area contributed by atoms with Crippen molar-refractivity contribution in [3.8, 4) is 0 Å². The third-order valence-electron chi connectivity index (χ3n) is 3.89. The van der Waals surface area contributed by atoms with Crippen molar-refractivity contribution in [1.82, 2.24) is 9.55 Å². The van der Waals surface area contributed by atoms with Crippen molar-refractivity contribution in [2.75, 3.05) is 0 Å². The molecule has 2 aromatic rings. The number of aromatic nitrogens is 2. The summed E-state index contributed by atoms with van der Waals surface area (Å²) in [4.78, 5) is 4.59. The Labute approximate surface area is 118 Å². The molecule has 2 nitrogen and oxygen atoms in total. The van der Waals surface area contributed by atoms with Gasteiger partial charge in [0.05, 0.1) is 16.4 Å². The Kier molecular flexibility index (Phi) is 3.88. The molecular formula is C14H18Cl2N2. The van der Waals surface area contributed by atoms with E-state index in [-0.39, 0.29) is 5.54 Å². The molecule has 1 heterocycles. The molecule has 0 saturated carbocycles. The quantitative estimate of drug-likeness (QED) is 0.726. The van der Waals surface area contributed by atoms with Crippen LogP contribution in [0.25, 0.3) is 11.0 Å². The summed E-state index contributed by atoms with van der Waals surface area (Å²) in [5.41, 5.74) is 1.95. The largest absolute Gasteiger partial charge is 0.321 e. The molecule has 0 unspecified atom stereocenters. The van der Waals surface area contributed by atoms with Crippen LogP contribution in [-0.4, -0.2) is 9.55 Å². The van der Waals surface area contributed by atoms with Crippen LogP contribution >= 0.6 is 23.2 Å². The molecule has 0 aliphatic heterocycles. The van der Waals surface area contributed by atoms with E-state index in [1.807, 2.05) is 12.1 Å². The van der Waals surface area contributed by atoms with Gasteiger partial charge >= 0.3 is 0 Å². The zero-order valence-electron chi connectivity index (χ0n) is 11.0. The van der Waals surface area contributed by atoms with Crippen LogP contribution in [0, 0.1) is 0 Å². The first-order valence-electron chi connectivity index (χ1n) is 6.29. The average Bonchev–Trinajstić information content (AvgIpc) is 2.78. The lowest BCUT2D eigenvalue weighted by Gasteiger charge is -2.31. The number of halogens is 2. The van der Waals surface area contributed by atoms with Crippen molar-refractivity contribution in [3.63, 3.8) is 0 Å². The van der Waals surface area contributed by atoms with Crippen LogP contribution in [0.3, 0.4) is 0 Å². The molecule has 0 radical (unpaired) electrons. The van der Waals surface area contributed by atoms with Crippen LogP contribution in [0.2, 0.25) is 5.02 Å². The second-order valence-corrected chi connectivity index (χ2v) is 5.48. The summed E-state index contributed by atoms with van der Waals surface area (Å²) in [6.45, 7) is 6.63. The number of rotatable bonds is 4. The van der Waals surface area contributed by atoms with E-state index in [1.54, 1.807) is 0 Å². The van der Waals surface area contributed by atoms with Crippen LogP contribution in [-0.2, 0) is 11.4 Å². The van der Waals surface area contributed by atoms with Gasteiger partial charge < -0.3 is 4.57 Å². The lowest BCUT2D eigenvalue weighted by Crippen LogP contribution is -2.29. The molecule has 18 heavy (non-hydrogen) atoms. The third-order valence-corrected chi connectivity index (χ3v) is 4.43. The van der Waals surface area contributed by atoms with Crippen molar-refractivity contribution in [2.24, 2.45) is 0 Å². The SMILES string of the molecule is CCC(C)(CC)n1c(CCl)nc2c(Cl)cccc21. The normalized spacial score (nSPS) is 12.3. The van der Waals surface area contributed by atoms with Gasteiger partial charge in [-0.15, -0.1) is 11.6 Å². The Morgan fingerprint density at radius 2 is 1.94 bits per heavy atom. The first-order valence-corrected chi connectivity index (χ1v) is 7.21. The van der Waals surface area contributed by atoms with Crippen LogP contribution in [0.1, 0.15) is 39.4 Å². The third kappa shape index (κ3) is 2.02. The van der Waals surface area contributed by atoms with Gasteiger partial charge in [-0.05, 0) is 31.9 Å². The maximum absolute atomic E-state index is 6.22. The van der Waals surface area contributed by atoms with Gasteiger partial charge in [-0.1, -0.05) is 31.5 Å². The first kappa shape index (κ1) is 13.7. The summed E-state index contributed by atoms with van der Waals surface area (Å²) < 4.78 is 2.25. The molecule has 1 aromatic heterocycles. The molecule has 98 valence electrons. The highest BCUT2D eigenvalue weighted by Crippen LogP contribution is 2.33. The van der Waals surface area contributed by atoms with E-state index in [1.165, 1.54) is 0 Å². The van der Waals surface area contributed by atoms with E-state index < -0.39 is 0 Å². The van der Waals surface area contributed by atoms with Gasteiger partial charge in [0.25, 0.3) is 0 Å². The van der Waals surface area contributed by atoms with Crippen LogP contribution in [0.5, 0.6) is 0 Å². The van der Waals surface area contributed by atoms with E-state index in [9.17, 15) is 0 Å². The van der Waals surface area contributed by atoms with Crippen LogP contribution in [0.15, 0.2) is 18.2 Å². The van der Waals surface area contributed by atoms with E-state index in [0.29, 0.717) is 10.9 Å². The molecule has 0 atom stereocenters. The standard InChI is InChI=1S/C14H18Cl2N2/c1-4-14(3,5-2)18-11-8-6-7-10(16)13(11)17-12(18)9-15/h6-8H,4-5,9H2,1-3H3. The van der Waals surface area contributed by atoms with Gasteiger partial charge in [0.15, 0.2) is 0 Å². The Morgan fingerprint density at radius 1 is 1.28 bits per heavy atom. The summed E-state index contributed by atoms with van der Waals surface area (Å²) in [7, 11) is 0. The molecule has 0 amide bonds. The number of hydrogen-bond acceptors (Lipinski definition) is 1. The van der Waals surface area contributed by atoms with E-state index >= 15 is 0 Å². The van der Waals surface area contributed by atoms with Crippen LogP contribution in [0.4, 0.5) is 0 Å². The fourth-order valence-electron chi connectivity index (χ4n) is 2.37. The fraction of sp³-hybridized carbons (Fsp3) is 0.500. The van der Waals surface area contributed by atoms with Gasteiger partial charge in [0.1, 0.15) is 11.3 Å². The molecule has 0 saturated heterocycles. The first-order chi connectivity index (χ1) is 8.57. The molecule has 0 bridgehead atoms. The maximum Gasteiger partial charge on any atom is 0.125 e. The molecule has 0 N–H and O–H groups in total. The molecule has 2 rings (SSSR count). The van der Waals surface area contributed by atoms with Crippen molar-refractivity contribution in [3.05, 3.63) is 29.0 Å². The Hall–Kier alpha value is -0.730. The van der Waals surface area contributed by atoms with Gasteiger partial charge in [-0.25, -0.2) is 4.98 Å². The predicted octanol–water partition coefficient (Wildman–Crippen LogP) is 4.96. The van der Waals surface area contributed by atoms with Gasteiger partial charge in [-0.3, -0.25) is 0 Å². The number of hydrogen-bond donors (Lipinski definition) is 0. The summed E-state index contributed by atoms with van der Waals surface area (Å²) in [6.07, 6.45) is 2.07. The number of benzene rings is 1. The molecule has 0 spiro atoms. The Morgan fingerprint density at radius 3 is 2.50 bits per heavy atom. The Bertz CT molecular complexity index is 556. The van der Waals surface area contributed by atoms with Crippen molar-refractivity contribution in [2.45, 2.75) is 45.0 Å². The predicted molar refractivity (Wildman–Crippen MR) is 78.5 cm³/mol. The molecule has 1 aromatic carbocycles. The number of alkyl halides is 1. The number of imidazole rings is 1. The smallest absolute Gasteiger partial charge is 0.125 e. The number of nitrogens with zero attached hydrogens (tertiary/aromatic N) is 2. The summed E-state index contributed by atoms with van der Waals surface area (Å²) >= 11 is 12.3. The van der Waals surface area contributed by atoms with Crippen LogP contribution < -0.4 is 0 Å². The molecule has 4 heteroatoms. The van der Waals surface area contributed by atoms with E-state index in [2.05, 4.69) is 36.4 Å². The Balaban J connectivity index is 2.79. The highest BCUT2D eigenvalue weighted by molar-refractivity contribution is 6.35. The minimum Gasteiger partial charge on any atom is -0.321 e. The van der Waals surface area contributed by atoms with Crippen molar-refractivity contribution < 1.29 is 0 Å². The summed E-state index contributed by atoms with van der Waals surface area (Å²) in [5, 5.41) is 0.687. The lowest BCUT2D eigenvalue weighted by molar-refractivity contribution is 0.296. The highest BCUT2D eigenvalue weighted by atomic mass is 35.5. The second kappa shape index (κ2) is 5.10. The average molecular weight is 285 g/mol. The summed E-state index contributed by atoms with van der Waals surface area (Å²) in [6, 6.07) is 5.90. The van der Waals surface area contributed by atoms with Gasteiger partial charge in [-0.2, -0.15) is 0 Å². The van der Waals surface area contributed by atoms with Gasteiger partial charge in [0, 0.05) is 5.54 Å². The minimum absolute atomic E-state index is 0.0314. The zero-order chi connectivity index (χ0) is 13.3. The fourth-order valence-corrected chi connectivity index (χ4v) is 2.76. The minimum atomic E-state index is 0.0314. The van der Waals surface area contributed by atoms with E-state index in [0.717, 1.165) is 29.7 Å². The molecule has 0 fully saturated rings. The topological polar surface area (TPSA) is 17.8 Å². The maximum atomic E-state index is 6.22. The molecule has 0 aliphatic carbocycles. The molecular weight excluding hydrogens is 267 g/mol. The number of para-hydroxylation sites is 1. The zero-order valence-corrected chi connectivity index (χ0v) is 12.5. The molecule has 0 aliphatic rings. The van der Waals surface area contributed by atoms with Crippen molar-refractivity contribution >= 4 is 34.2 Å². The van der Waals surface area contributed by atoms with Crippen molar-refractivity contribution in [1.29, 1.82) is 0 Å². The summed E-state index contributed by atoms with van der Waals surface area (Å²) in [5.74, 6) is 1.30.